The highest BCUT2D eigenvalue weighted by Gasteiger charge is 2.15. The van der Waals surface area contributed by atoms with Gasteiger partial charge in [-0.1, -0.05) is 12.2 Å². The molecular weight excluding hydrogens is 302 g/mol. The molecule has 114 valence electrons. The van der Waals surface area contributed by atoms with Crippen LogP contribution in [0.25, 0.3) is 5.57 Å². The number of hydrogen-bond donors (Lipinski definition) is 3. The highest BCUT2D eigenvalue weighted by Crippen LogP contribution is 2.23. The summed E-state index contributed by atoms with van der Waals surface area (Å²) in [6.07, 6.45) is 8.86. The molecule has 0 unspecified atom stereocenters. The normalized spacial score (nSPS) is 18.5. The molecule has 7 heteroatoms. The van der Waals surface area contributed by atoms with Gasteiger partial charge >= 0.3 is 5.97 Å². The number of carboxylic acids is 1. The number of hydrogen-bond acceptors (Lipinski definition) is 4. The van der Waals surface area contributed by atoms with E-state index in [1.165, 1.54) is 18.3 Å². The van der Waals surface area contributed by atoms with Crippen LogP contribution in [-0.4, -0.2) is 27.0 Å². The van der Waals surface area contributed by atoms with Crippen molar-refractivity contribution in [3.05, 3.63) is 41.6 Å². The molecule has 0 aromatic carbocycles. The highest BCUT2D eigenvalue weighted by molar-refractivity contribution is 7.80. The monoisotopic (exact) mass is 317 g/mol. The summed E-state index contributed by atoms with van der Waals surface area (Å²) >= 11 is 4.70. The minimum atomic E-state index is -1.16. The Morgan fingerprint density at radius 1 is 1.45 bits per heavy atom. The number of thiocarbonyl (C=S) groups is 1. The Morgan fingerprint density at radius 3 is 2.91 bits per heavy atom. The number of ketones is 1. The lowest BCUT2D eigenvalue weighted by Crippen LogP contribution is -2.21. The van der Waals surface area contributed by atoms with Crippen molar-refractivity contribution >= 4 is 40.5 Å². The van der Waals surface area contributed by atoms with E-state index in [9.17, 15) is 14.7 Å². The minimum Gasteiger partial charge on any atom is -0.478 e. The summed E-state index contributed by atoms with van der Waals surface area (Å²) in [5.74, 6) is -1.07. The van der Waals surface area contributed by atoms with E-state index in [1.807, 2.05) is 6.08 Å². The van der Waals surface area contributed by atoms with Crippen molar-refractivity contribution in [2.24, 2.45) is 5.73 Å². The van der Waals surface area contributed by atoms with E-state index in [0.29, 0.717) is 17.6 Å². The molecule has 0 saturated heterocycles. The van der Waals surface area contributed by atoms with Crippen LogP contribution in [-0.2, 0) is 4.79 Å². The summed E-state index contributed by atoms with van der Waals surface area (Å²) in [7, 11) is 0. The second-order valence-electron chi connectivity index (χ2n) is 4.78. The Balaban J connectivity index is 2.45. The Morgan fingerprint density at radius 2 is 2.23 bits per heavy atom. The van der Waals surface area contributed by atoms with Gasteiger partial charge in [-0.05, 0) is 42.8 Å². The number of anilines is 1. The minimum absolute atomic E-state index is 0.0153. The first kappa shape index (κ1) is 15.8. The molecule has 22 heavy (non-hydrogen) atoms. The Kier molecular flexibility index (Phi) is 5.00. The lowest BCUT2D eigenvalue weighted by atomic mass is 9.99. The number of carboxylic acid groups (broad SMARTS) is 1. The fourth-order valence-electron chi connectivity index (χ4n) is 2.08. The standard InChI is InChI=1S/C15H15N3O3S/c16-15(22)18-13-12(14(20)21)7-10(8-17-13)9-4-2-1-3-5-11(19)6-9/h2,4,6-8H,1,3,5H2,(H,20,21)(H3,16,17,18,22)/b4-2-,9-6+. The van der Waals surface area contributed by atoms with Crippen LogP contribution >= 0.6 is 12.2 Å². The van der Waals surface area contributed by atoms with Crippen LogP contribution in [0.2, 0.25) is 0 Å². The molecule has 1 aliphatic rings. The van der Waals surface area contributed by atoms with Gasteiger partial charge in [-0.2, -0.15) is 0 Å². The van der Waals surface area contributed by atoms with Gasteiger partial charge in [0.2, 0.25) is 0 Å². The van der Waals surface area contributed by atoms with Crippen molar-refractivity contribution in [1.82, 2.24) is 4.98 Å². The fourth-order valence-corrected chi connectivity index (χ4v) is 2.18. The zero-order valence-electron chi connectivity index (χ0n) is 11.7. The van der Waals surface area contributed by atoms with E-state index in [1.54, 1.807) is 6.08 Å². The molecule has 0 atom stereocenters. The predicted octanol–water partition coefficient (Wildman–Crippen LogP) is 2.13. The third-order valence-electron chi connectivity index (χ3n) is 3.10. The third kappa shape index (κ3) is 3.98. The molecule has 0 bridgehead atoms. The SMILES string of the molecule is NC(=S)Nc1ncc(C2=C/C(=O)CCC/C=C\2)cc1C(=O)O. The first-order chi connectivity index (χ1) is 10.5. The van der Waals surface area contributed by atoms with Gasteiger partial charge < -0.3 is 16.2 Å². The van der Waals surface area contributed by atoms with E-state index >= 15 is 0 Å². The summed E-state index contributed by atoms with van der Waals surface area (Å²) < 4.78 is 0. The Labute approximate surface area is 132 Å². The zero-order chi connectivity index (χ0) is 16.1. The van der Waals surface area contributed by atoms with Crippen LogP contribution < -0.4 is 11.1 Å². The number of aromatic carboxylic acids is 1. The van der Waals surface area contributed by atoms with Gasteiger partial charge in [-0.3, -0.25) is 4.79 Å². The van der Waals surface area contributed by atoms with Crippen LogP contribution in [0.15, 0.2) is 30.5 Å². The van der Waals surface area contributed by atoms with Crippen LogP contribution in [0.3, 0.4) is 0 Å². The number of rotatable bonds is 3. The maximum Gasteiger partial charge on any atom is 0.339 e. The number of pyridine rings is 1. The van der Waals surface area contributed by atoms with Gasteiger partial charge in [0, 0.05) is 18.2 Å². The molecule has 1 aromatic rings. The maximum absolute atomic E-state index is 11.8. The lowest BCUT2D eigenvalue weighted by molar-refractivity contribution is -0.114. The van der Waals surface area contributed by atoms with E-state index < -0.39 is 5.97 Å². The van der Waals surface area contributed by atoms with Crippen molar-refractivity contribution in [3.63, 3.8) is 0 Å². The molecule has 1 aliphatic carbocycles. The maximum atomic E-state index is 11.8. The van der Waals surface area contributed by atoms with Crippen molar-refractivity contribution < 1.29 is 14.7 Å². The van der Waals surface area contributed by atoms with Crippen LogP contribution in [0.1, 0.15) is 35.2 Å². The van der Waals surface area contributed by atoms with Gasteiger partial charge in [0.1, 0.15) is 11.4 Å². The molecule has 1 heterocycles. The van der Waals surface area contributed by atoms with Gasteiger partial charge in [-0.15, -0.1) is 0 Å². The molecular formula is C15H15N3O3S. The molecule has 0 amide bonds. The average molecular weight is 317 g/mol. The summed E-state index contributed by atoms with van der Waals surface area (Å²) in [4.78, 5) is 27.2. The number of aromatic nitrogens is 1. The molecule has 0 saturated carbocycles. The number of nitrogens with zero attached hydrogens (tertiary/aromatic N) is 1. The van der Waals surface area contributed by atoms with Crippen LogP contribution in [0.5, 0.6) is 0 Å². The van der Waals surface area contributed by atoms with Crippen molar-refractivity contribution in [1.29, 1.82) is 0 Å². The molecule has 2 rings (SSSR count). The van der Waals surface area contributed by atoms with E-state index in [-0.39, 0.29) is 22.3 Å². The Bertz CT molecular complexity index is 695. The number of carbonyl (C=O) groups excluding carboxylic acids is 1. The van der Waals surface area contributed by atoms with Gasteiger partial charge in [0.15, 0.2) is 10.9 Å². The molecule has 4 N–H and O–H groups in total. The second kappa shape index (κ2) is 6.95. The number of carbonyl (C=O) groups is 2. The van der Waals surface area contributed by atoms with E-state index in [4.69, 9.17) is 18.0 Å². The first-order valence-corrected chi connectivity index (χ1v) is 7.09. The van der Waals surface area contributed by atoms with Gasteiger partial charge in [0.05, 0.1) is 0 Å². The molecule has 0 spiro atoms. The number of nitrogens with one attached hydrogen (secondary N) is 1. The quantitative estimate of drug-likeness (QED) is 0.733. The molecule has 0 aliphatic heterocycles. The lowest BCUT2D eigenvalue weighted by Gasteiger charge is -2.10. The smallest absolute Gasteiger partial charge is 0.339 e. The third-order valence-corrected chi connectivity index (χ3v) is 3.20. The fraction of sp³-hybridized carbons (Fsp3) is 0.200. The summed E-state index contributed by atoms with van der Waals surface area (Å²) in [5.41, 5.74) is 6.48. The van der Waals surface area contributed by atoms with Gasteiger partial charge in [0.25, 0.3) is 0 Å². The Hall–Kier alpha value is -2.54. The van der Waals surface area contributed by atoms with Crippen molar-refractivity contribution in [3.8, 4) is 0 Å². The number of nitrogens with two attached hydrogens (primary N) is 1. The molecule has 1 aromatic heterocycles. The van der Waals surface area contributed by atoms with Crippen LogP contribution in [0, 0.1) is 0 Å². The molecule has 6 nitrogen and oxygen atoms in total. The van der Waals surface area contributed by atoms with Crippen molar-refractivity contribution in [2.45, 2.75) is 19.3 Å². The summed E-state index contributed by atoms with van der Waals surface area (Å²) in [5, 5.41) is 11.7. The van der Waals surface area contributed by atoms with Crippen molar-refractivity contribution in [2.75, 3.05) is 5.32 Å². The second-order valence-corrected chi connectivity index (χ2v) is 5.21. The zero-order valence-corrected chi connectivity index (χ0v) is 12.5. The summed E-state index contributed by atoms with van der Waals surface area (Å²) in [6.45, 7) is 0. The van der Waals surface area contributed by atoms with Gasteiger partial charge in [-0.25, -0.2) is 9.78 Å². The van der Waals surface area contributed by atoms with Crippen LogP contribution in [0.4, 0.5) is 5.82 Å². The van der Waals surface area contributed by atoms with E-state index in [2.05, 4.69) is 10.3 Å². The van der Waals surface area contributed by atoms with E-state index in [0.717, 1.165) is 12.8 Å². The average Bonchev–Trinajstić information content (AvgIpc) is 2.42. The predicted molar refractivity (Wildman–Crippen MR) is 87.6 cm³/mol. The topological polar surface area (TPSA) is 105 Å². The summed E-state index contributed by atoms with van der Waals surface area (Å²) in [6, 6.07) is 1.45. The largest absolute Gasteiger partial charge is 0.478 e. The molecule has 0 fully saturated rings. The molecule has 0 radical (unpaired) electrons. The highest BCUT2D eigenvalue weighted by atomic mass is 32.1. The number of allylic oxidation sites excluding steroid dienone is 4. The first-order valence-electron chi connectivity index (χ1n) is 6.68.